The van der Waals surface area contributed by atoms with Crippen LogP contribution in [0, 0.1) is 0 Å². The van der Waals surface area contributed by atoms with Crippen LogP contribution < -0.4 is 5.73 Å². The molecule has 0 aromatic heterocycles. The maximum absolute atomic E-state index is 9.63. The molecular formula is C15H25NO. The van der Waals surface area contributed by atoms with Gasteiger partial charge in [-0.05, 0) is 37.8 Å². The molecular weight excluding hydrogens is 210 g/mol. The van der Waals surface area contributed by atoms with Gasteiger partial charge in [0.1, 0.15) is 0 Å². The number of hydrogen-bond acceptors (Lipinski definition) is 2. The van der Waals surface area contributed by atoms with Crippen LogP contribution in [0.2, 0.25) is 0 Å². The van der Waals surface area contributed by atoms with E-state index in [1.165, 1.54) is 5.56 Å². The van der Waals surface area contributed by atoms with Gasteiger partial charge >= 0.3 is 0 Å². The smallest absolute Gasteiger partial charge is 0.0527 e. The summed E-state index contributed by atoms with van der Waals surface area (Å²) in [7, 11) is 0. The molecule has 2 nitrogen and oxygen atoms in total. The third-order valence-electron chi connectivity index (χ3n) is 3.90. The molecule has 0 bridgehead atoms. The van der Waals surface area contributed by atoms with E-state index in [-0.39, 0.29) is 17.6 Å². The molecule has 0 saturated carbocycles. The Morgan fingerprint density at radius 2 is 1.41 bits per heavy atom. The predicted molar refractivity (Wildman–Crippen MR) is 73.0 cm³/mol. The van der Waals surface area contributed by atoms with Crippen molar-refractivity contribution in [1.29, 1.82) is 0 Å². The lowest BCUT2D eigenvalue weighted by atomic mass is 9.76. The van der Waals surface area contributed by atoms with Crippen LogP contribution in [0.4, 0.5) is 0 Å². The van der Waals surface area contributed by atoms with Gasteiger partial charge in [-0.1, -0.05) is 38.1 Å². The number of aliphatic hydroxyl groups is 1. The molecule has 0 unspecified atom stereocenters. The molecule has 17 heavy (non-hydrogen) atoms. The molecule has 0 amide bonds. The van der Waals surface area contributed by atoms with Crippen LogP contribution in [0.1, 0.15) is 51.7 Å². The highest BCUT2D eigenvalue weighted by Gasteiger charge is 2.27. The second kappa shape index (κ2) is 5.19. The van der Waals surface area contributed by atoms with Crippen molar-refractivity contribution >= 4 is 0 Å². The molecule has 1 aromatic rings. The number of nitrogens with two attached hydrogens (primary N) is 1. The Bertz CT molecular complexity index is 336. The molecule has 3 N–H and O–H groups in total. The van der Waals surface area contributed by atoms with Crippen molar-refractivity contribution in [3.05, 3.63) is 35.4 Å². The van der Waals surface area contributed by atoms with E-state index in [1.807, 2.05) is 13.8 Å². The molecule has 0 heterocycles. The highest BCUT2D eigenvalue weighted by molar-refractivity contribution is 5.32. The van der Waals surface area contributed by atoms with E-state index < -0.39 is 0 Å². The lowest BCUT2D eigenvalue weighted by Crippen LogP contribution is -2.31. The minimum atomic E-state index is -0.307. The molecule has 0 aliphatic heterocycles. The monoisotopic (exact) mass is 235 g/mol. The van der Waals surface area contributed by atoms with Crippen molar-refractivity contribution in [2.75, 3.05) is 6.61 Å². The predicted octanol–water partition coefficient (Wildman–Crippen LogP) is 2.93. The molecule has 96 valence electrons. The van der Waals surface area contributed by atoms with E-state index in [0.29, 0.717) is 0 Å². The van der Waals surface area contributed by atoms with Gasteiger partial charge in [0.25, 0.3) is 0 Å². The Morgan fingerprint density at radius 1 is 1.00 bits per heavy atom. The summed E-state index contributed by atoms with van der Waals surface area (Å²) >= 11 is 0. The number of rotatable bonds is 5. The van der Waals surface area contributed by atoms with Gasteiger partial charge in [0.15, 0.2) is 0 Å². The molecule has 1 rings (SSSR count). The van der Waals surface area contributed by atoms with Crippen molar-refractivity contribution < 1.29 is 5.11 Å². The Kier molecular flexibility index (Phi) is 4.34. The summed E-state index contributed by atoms with van der Waals surface area (Å²) < 4.78 is 0. The minimum Gasteiger partial charge on any atom is -0.395 e. The van der Waals surface area contributed by atoms with Crippen LogP contribution >= 0.6 is 0 Å². The maximum atomic E-state index is 9.63. The summed E-state index contributed by atoms with van der Waals surface area (Å²) in [6.45, 7) is 8.45. The van der Waals surface area contributed by atoms with E-state index in [1.54, 1.807) is 0 Å². The van der Waals surface area contributed by atoms with Gasteiger partial charge in [0.2, 0.25) is 0 Å². The van der Waals surface area contributed by atoms with E-state index in [9.17, 15) is 5.11 Å². The molecule has 0 aliphatic rings. The Hall–Kier alpha value is -0.860. The zero-order valence-electron chi connectivity index (χ0n) is 11.5. The third kappa shape index (κ3) is 2.88. The summed E-state index contributed by atoms with van der Waals surface area (Å²) in [5, 5.41) is 9.63. The van der Waals surface area contributed by atoms with Crippen LogP contribution in [-0.2, 0) is 11.0 Å². The van der Waals surface area contributed by atoms with Crippen molar-refractivity contribution in [3.63, 3.8) is 0 Å². The second-order valence-corrected chi connectivity index (χ2v) is 5.44. The number of aliphatic hydroxyl groups excluding tert-OH is 1. The topological polar surface area (TPSA) is 46.2 Å². The fourth-order valence-corrected chi connectivity index (χ4v) is 2.23. The molecule has 0 atom stereocenters. The Balaban J connectivity index is 3.09. The molecule has 0 saturated heterocycles. The van der Waals surface area contributed by atoms with Crippen LogP contribution in [0.15, 0.2) is 24.3 Å². The van der Waals surface area contributed by atoms with Gasteiger partial charge < -0.3 is 10.8 Å². The Morgan fingerprint density at radius 3 is 1.71 bits per heavy atom. The van der Waals surface area contributed by atoms with Crippen LogP contribution in [0.25, 0.3) is 0 Å². The van der Waals surface area contributed by atoms with Gasteiger partial charge in [-0.3, -0.25) is 0 Å². The van der Waals surface area contributed by atoms with Gasteiger partial charge in [-0.15, -0.1) is 0 Å². The molecule has 0 aliphatic carbocycles. The minimum absolute atomic E-state index is 0.0999. The van der Waals surface area contributed by atoms with Gasteiger partial charge in [-0.2, -0.15) is 0 Å². The largest absolute Gasteiger partial charge is 0.395 e. The third-order valence-corrected chi connectivity index (χ3v) is 3.90. The van der Waals surface area contributed by atoms with Crippen molar-refractivity contribution in [2.45, 2.75) is 51.5 Å². The number of benzene rings is 1. The normalized spacial score (nSPS) is 12.8. The second-order valence-electron chi connectivity index (χ2n) is 5.44. The maximum Gasteiger partial charge on any atom is 0.0527 e. The van der Waals surface area contributed by atoms with E-state index in [0.717, 1.165) is 18.4 Å². The zero-order chi connectivity index (χ0) is 13.1. The van der Waals surface area contributed by atoms with Crippen molar-refractivity contribution in [2.24, 2.45) is 5.73 Å². The van der Waals surface area contributed by atoms with Crippen molar-refractivity contribution in [3.8, 4) is 0 Å². The molecule has 1 aromatic carbocycles. The first-order valence-corrected chi connectivity index (χ1v) is 6.40. The quantitative estimate of drug-likeness (QED) is 0.824. The highest BCUT2D eigenvalue weighted by Crippen LogP contribution is 2.32. The standard InChI is InChI=1S/C15H25NO/c1-5-15(6-2,11-17)13-9-7-12(8-10-13)14(3,4)16/h7-10,17H,5-6,11,16H2,1-4H3. The molecule has 0 radical (unpaired) electrons. The molecule has 2 heteroatoms. The van der Waals surface area contributed by atoms with Crippen LogP contribution in [0.3, 0.4) is 0 Å². The SMILES string of the molecule is CCC(CC)(CO)c1ccc(C(C)(C)N)cc1. The fraction of sp³-hybridized carbons (Fsp3) is 0.600. The average Bonchev–Trinajstić information content (AvgIpc) is 2.32. The summed E-state index contributed by atoms with van der Waals surface area (Å²) in [5.41, 5.74) is 7.99. The highest BCUT2D eigenvalue weighted by atomic mass is 16.3. The van der Waals surface area contributed by atoms with Gasteiger partial charge in [0, 0.05) is 11.0 Å². The summed E-state index contributed by atoms with van der Waals surface area (Å²) in [6, 6.07) is 8.36. The zero-order valence-corrected chi connectivity index (χ0v) is 11.5. The summed E-state index contributed by atoms with van der Waals surface area (Å²) in [4.78, 5) is 0. The number of hydrogen-bond donors (Lipinski definition) is 2. The lowest BCUT2D eigenvalue weighted by molar-refractivity contribution is 0.183. The van der Waals surface area contributed by atoms with E-state index in [2.05, 4.69) is 38.1 Å². The fourth-order valence-electron chi connectivity index (χ4n) is 2.23. The van der Waals surface area contributed by atoms with E-state index >= 15 is 0 Å². The average molecular weight is 235 g/mol. The lowest BCUT2D eigenvalue weighted by Gasteiger charge is -2.31. The first-order valence-electron chi connectivity index (χ1n) is 6.40. The summed E-state index contributed by atoms with van der Waals surface area (Å²) in [5.74, 6) is 0. The van der Waals surface area contributed by atoms with Gasteiger partial charge in [0.05, 0.1) is 6.61 Å². The molecule has 0 spiro atoms. The van der Waals surface area contributed by atoms with Gasteiger partial charge in [-0.25, -0.2) is 0 Å². The first-order chi connectivity index (χ1) is 7.89. The first kappa shape index (κ1) is 14.2. The summed E-state index contributed by atoms with van der Waals surface area (Å²) in [6.07, 6.45) is 1.90. The molecule has 0 fully saturated rings. The Labute approximate surface area is 105 Å². The van der Waals surface area contributed by atoms with Crippen molar-refractivity contribution in [1.82, 2.24) is 0 Å². The van der Waals surface area contributed by atoms with E-state index in [4.69, 9.17) is 5.73 Å². The van der Waals surface area contributed by atoms with Crippen LogP contribution in [-0.4, -0.2) is 11.7 Å². The van der Waals surface area contributed by atoms with Crippen LogP contribution in [0.5, 0.6) is 0 Å².